The molecule has 0 N–H and O–H groups in total. The molecule has 2 heterocycles. The van der Waals surface area contributed by atoms with Crippen LogP contribution in [0.5, 0.6) is 0 Å². The van der Waals surface area contributed by atoms with Gasteiger partial charge in [0.1, 0.15) is 17.4 Å². The van der Waals surface area contributed by atoms with Gasteiger partial charge in [-0.1, -0.05) is 35.9 Å². The van der Waals surface area contributed by atoms with Crippen molar-refractivity contribution in [2.45, 2.75) is 19.0 Å². The van der Waals surface area contributed by atoms with Crippen molar-refractivity contribution in [3.05, 3.63) is 104 Å². The van der Waals surface area contributed by atoms with E-state index in [4.69, 9.17) is 11.6 Å². The maximum atomic E-state index is 13.6. The molecule has 0 aliphatic carbocycles. The van der Waals surface area contributed by atoms with Crippen LogP contribution >= 0.6 is 11.6 Å². The third-order valence-electron chi connectivity index (χ3n) is 6.11. The zero-order valence-corrected chi connectivity index (χ0v) is 18.3. The van der Waals surface area contributed by atoms with Crippen molar-refractivity contribution in [1.29, 1.82) is 0 Å². The lowest BCUT2D eigenvalue weighted by Gasteiger charge is -2.50. The molecule has 0 unspecified atom stereocenters. The standard InChI is InChI=1S/C24H15ClFN3O5/c1-12-5-8-14(25)11-18(12)27-20(13-6-9-15(26)10-7-13)21(24(27)32)28-22(30)16-3-2-4-17(29(33)34)19(16)23(28)31/h2-11,20-21H,1H3/t20-,21-/m0/s1. The molecule has 2 atom stereocenters. The summed E-state index contributed by atoms with van der Waals surface area (Å²) in [5.41, 5.74) is 0.692. The Kier molecular flexibility index (Phi) is 4.94. The van der Waals surface area contributed by atoms with Gasteiger partial charge in [0, 0.05) is 16.8 Å². The van der Waals surface area contributed by atoms with Gasteiger partial charge in [-0.05, 0) is 48.4 Å². The third kappa shape index (κ3) is 3.08. The minimum absolute atomic E-state index is 0.137. The zero-order valence-electron chi connectivity index (χ0n) is 17.6. The number of hydrogen-bond donors (Lipinski definition) is 0. The molecule has 0 bridgehead atoms. The number of anilines is 1. The van der Waals surface area contributed by atoms with Gasteiger partial charge in [-0.3, -0.25) is 29.4 Å². The van der Waals surface area contributed by atoms with Gasteiger partial charge in [-0.15, -0.1) is 0 Å². The number of nitro groups is 1. The summed E-state index contributed by atoms with van der Waals surface area (Å²) in [5, 5.41) is 11.8. The average Bonchev–Trinajstić information content (AvgIpc) is 3.05. The van der Waals surface area contributed by atoms with Gasteiger partial charge in [-0.25, -0.2) is 4.39 Å². The molecular weight excluding hydrogens is 465 g/mol. The summed E-state index contributed by atoms with van der Waals surface area (Å²) in [6, 6.07) is 12.0. The van der Waals surface area contributed by atoms with E-state index in [0.29, 0.717) is 16.3 Å². The van der Waals surface area contributed by atoms with Crippen LogP contribution in [0.1, 0.15) is 37.9 Å². The number of imide groups is 1. The van der Waals surface area contributed by atoms with Crippen molar-refractivity contribution >= 4 is 40.7 Å². The van der Waals surface area contributed by atoms with Gasteiger partial charge in [0.15, 0.2) is 0 Å². The maximum absolute atomic E-state index is 13.6. The van der Waals surface area contributed by atoms with Crippen molar-refractivity contribution < 1.29 is 23.7 Å². The molecule has 1 saturated heterocycles. The van der Waals surface area contributed by atoms with E-state index in [9.17, 15) is 28.9 Å². The molecule has 5 rings (SSSR count). The van der Waals surface area contributed by atoms with Crippen LogP contribution in [0, 0.1) is 22.9 Å². The number of β-lactam (4-membered cyclic amide) rings is 1. The Bertz CT molecular complexity index is 1410. The number of carbonyl (C=O) groups is 3. The molecule has 0 spiro atoms. The molecule has 2 aliphatic heterocycles. The minimum Gasteiger partial charge on any atom is -0.300 e. The summed E-state index contributed by atoms with van der Waals surface area (Å²) in [7, 11) is 0. The van der Waals surface area contributed by atoms with Gasteiger partial charge in [-0.2, -0.15) is 0 Å². The Labute approximate surface area is 197 Å². The molecule has 2 aliphatic rings. The van der Waals surface area contributed by atoms with E-state index in [1.807, 2.05) is 0 Å². The second kappa shape index (κ2) is 7.74. The molecule has 0 aromatic heterocycles. The van der Waals surface area contributed by atoms with Crippen LogP contribution in [0.4, 0.5) is 15.8 Å². The maximum Gasteiger partial charge on any atom is 0.282 e. The van der Waals surface area contributed by atoms with Crippen LogP contribution in [0.2, 0.25) is 5.02 Å². The summed E-state index contributed by atoms with van der Waals surface area (Å²) in [6.45, 7) is 1.78. The Morgan fingerprint density at radius 1 is 0.941 bits per heavy atom. The number of aryl methyl sites for hydroxylation is 1. The smallest absolute Gasteiger partial charge is 0.282 e. The average molecular weight is 480 g/mol. The quantitative estimate of drug-likeness (QED) is 0.238. The van der Waals surface area contributed by atoms with Crippen LogP contribution in [0.15, 0.2) is 60.7 Å². The first kappa shape index (κ1) is 21.7. The van der Waals surface area contributed by atoms with E-state index >= 15 is 0 Å². The first-order valence-electron chi connectivity index (χ1n) is 10.2. The number of nitro benzene ring substituents is 1. The number of halogens is 2. The molecule has 0 saturated carbocycles. The van der Waals surface area contributed by atoms with E-state index in [-0.39, 0.29) is 11.1 Å². The van der Waals surface area contributed by atoms with Gasteiger partial charge in [0.2, 0.25) is 0 Å². The number of hydrogen-bond acceptors (Lipinski definition) is 5. The summed E-state index contributed by atoms with van der Waals surface area (Å²) < 4.78 is 13.6. The van der Waals surface area contributed by atoms with Crippen molar-refractivity contribution in [3.8, 4) is 0 Å². The molecular formula is C24H15ClFN3O5. The number of fused-ring (bicyclic) bond motifs is 1. The lowest BCUT2D eigenvalue weighted by atomic mass is 9.85. The van der Waals surface area contributed by atoms with E-state index in [2.05, 4.69) is 0 Å². The Morgan fingerprint density at radius 2 is 1.65 bits per heavy atom. The normalized spacial score (nSPS) is 19.3. The van der Waals surface area contributed by atoms with Gasteiger partial charge in [0.05, 0.1) is 16.5 Å². The molecule has 8 nitrogen and oxygen atoms in total. The lowest BCUT2D eigenvalue weighted by Crippen LogP contribution is -2.67. The Morgan fingerprint density at radius 3 is 2.32 bits per heavy atom. The molecule has 170 valence electrons. The number of carbonyl (C=O) groups excluding carboxylic acids is 3. The highest BCUT2D eigenvalue weighted by molar-refractivity contribution is 6.31. The molecule has 10 heteroatoms. The summed E-state index contributed by atoms with van der Waals surface area (Å²) in [6.07, 6.45) is 0. The van der Waals surface area contributed by atoms with Crippen LogP contribution in [-0.4, -0.2) is 33.6 Å². The van der Waals surface area contributed by atoms with Crippen LogP contribution < -0.4 is 4.90 Å². The molecule has 1 fully saturated rings. The van der Waals surface area contributed by atoms with Crippen molar-refractivity contribution in [1.82, 2.24) is 4.90 Å². The van der Waals surface area contributed by atoms with Crippen molar-refractivity contribution in [3.63, 3.8) is 0 Å². The van der Waals surface area contributed by atoms with Crippen molar-refractivity contribution in [2.24, 2.45) is 0 Å². The van der Waals surface area contributed by atoms with Gasteiger partial charge in [0.25, 0.3) is 23.4 Å². The van der Waals surface area contributed by atoms with E-state index < -0.39 is 46.2 Å². The molecule has 3 aromatic carbocycles. The predicted octanol–water partition coefficient (Wildman–Crippen LogP) is 4.45. The van der Waals surface area contributed by atoms with Crippen LogP contribution in [0.3, 0.4) is 0 Å². The van der Waals surface area contributed by atoms with Crippen LogP contribution in [-0.2, 0) is 4.79 Å². The fourth-order valence-electron chi connectivity index (χ4n) is 4.52. The number of benzene rings is 3. The summed E-state index contributed by atoms with van der Waals surface area (Å²) in [5.74, 6) is -2.76. The SMILES string of the molecule is Cc1ccc(Cl)cc1N1C(=O)[C@@H](N2C(=O)c3cccc([N+](=O)[O-])c3C2=O)[C@@H]1c1ccc(F)cc1. The van der Waals surface area contributed by atoms with E-state index in [1.54, 1.807) is 25.1 Å². The highest BCUT2D eigenvalue weighted by Gasteiger charge is 2.58. The predicted molar refractivity (Wildman–Crippen MR) is 120 cm³/mol. The first-order chi connectivity index (χ1) is 16.2. The lowest BCUT2D eigenvalue weighted by molar-refractivity contribution is -0.385. The number of amides is 3. The Hall–Kier alpha value is -4.11. The highest BCUT2D eigenvalue weighted by atomic mass is 35.5. The summed E-state index contributed by atoms with van der Waals surface area (Å²) >= 11 is 6.15. The topological polar surface area (TPSA) is 101 Å². The van der Waals surface area contributed by atoms with Gasteiger partial charge >= 0.3 is 0 Å². The molecule has 34 heavy (non-hydrogen) atoms. The second-order valence-electron chi connectivity index (χ2n) is 8.02. The zero-order chi connectivity index (χ0) is 24.3. The fraction of sp³-hybridized carbons (Fsp3) is 0.125. The van der Waals surface area contributed by atoms with Crippen LogP contribution in [0.25, 0.3) is 0 Å². The summed E-state index contributed by atoms with van der Waals surface area (Å²) in [4.78, 5) is 52.8. The third-order valence-corrected chi connectivity index (χ3v) is 6.34. The van der Waals surface area contributed by atoms with Crippen molar-refractivity contribution in [2.75, 3.05) is 4.90 Å². The molecule has 3 aromatic rings. The van der Waals surface area contributed by atoms with Gasteiger partial charge < -0.3 is 4.90 Å². The molecule has 3 amide bonds. The van der Waals surface area contributed by atoms with E-state index in [0.717, 1.165) is 16.5 Å². The number of rotatable bonds is 4. The largest absolute Gasteiger partial charge is 0.300 e. The first-order valence-corrected chi connectivity index (χ1v) is 10.6. The number of nitrogens with zero attached hydrogens (tertiary/aromatic N) is 3. The minimum atomic E-state index is -1.27. The van der Waals surface area contributed by atoms with E-state index in [1.165, 1.54) is 41.3 Å². The Balaban J connectivity index is 1.63. The molecule has 0 radical (unpaired) electrons. The second-order valence-corrected chi connectivity index (χ2v) is 8.45. The highest BCUT2D eigenvalue weighted by Crippen LogP contribution is 2.46. The monoisotopic (exact) mass is 479 g/mol. The fourth-order valence-corrected chi connectivity index (χ4v) is 4.68.